The molecule has 2 saturated heterocycles. The zero-order valence-corrected chi connectivity index (χ0v) is 9.97. The predicted molar refractivity (Wildman–Crippen MR) is 66.2 cm³/mol. The maximum Gasteiger partial charge on any atom is 0.0267 e. The number of likely N-dealkylation sites (N-methyl/N-ethyl adjacent to an activating group) is 1. The van der Waals surface area contributed by atoms with Crippen molar-refractivity contribution in [1.29, 1.82) is 0 Å². The van der Waals surface area contributed by atoms with Crippen LogP contribution in [-0.4, -0.2) is 42.5 Å². The Morgan fingerprint density at radius 1 is 1.19 bits per heavy atom. The molecule has 0 saturated carbocycles. The van der Waals surface area contributed by atoms with Gasteiger partial charge >= 0.3 is 0 Å². The summed E-state index contributed by atoms with van der Waals surface area (Å²) in [6, 6.07) is 11.7. The minimum Gasteiger partial charge on any atom is -0.304 e. The molecule has 3 rings (SSSR count). The average Bonchev–Trinajstić information content (AvgIpc) is 2.81. The summed E-state index contributed by atoms with van der Waals surface area (Å²) in [6.45, 7) is 4.99. The molecule has 1 aromatic rings. The van der Waals surface area contributed by atoms with Gasteiger partial charge in [-0.1, -0.05) is 30.3 Å². The first-order chi connectivity index (χ1) is 7.83. The van der Waals surface area contributed by atoms with Gasteiger partial charge in [0.1, 0.15) is 0 Å². The molecule has 0 bridgehead atoms. The van der Waals surface area contributed by atoms with Gasteiger partial charge in [0.2, 0.25) is 0 Å². The van der Waals surface area contributed by atoms with Gasteiger partial charge in [-0.3, -0.25) is 4.90 Å². The summed E-state index contributed by atoms with van der Waals surface area (Å²) in [4.78, 5) is 5.15. The van der Waals surface area contributed by atoms with Gasteiger partial charge in [-0.05, 0) is 31.5 Å². The highest BCUT2D eigenvalue weighted by molar-refractivity contribution is 5.15. The molecule has 2 aliphatic heterocycles. The molecule has 0 radical (unpaired) electrons. The standard InChI is InChI=1S/C14H20N2/c1-15-10-13-7-8-16(14(13)11-15)9-12-5-3-2-4-6-12/h2-6,13-14H,7-11H2,1H3/t13-,14-/m1/s1. The topological polar surface area (TPSA) is 6.48 Å². The lowest BCUT2D eigenvalue weighted by atomic mass is 10.0. The second-order valence-corrected chi connectivity index (χ2v) is 5.29. The van der Waals surface area contributed by atoms with E-state index in [1.54, 1.807) is 0 Å². The van der Waals surface area contributed by atoms with Gasteiger partial charge in [-0.2, -0.15) is 0 Å². The van der Waals surface area contributed by atoms with Crippen LogP contribution in [0.2, 0.25) is 0 Å². The molecule has 2 atom stereocenters. The molecule has 2 heteroatoms. The monoisotopic (exact) mass is 216 g/mol. The van der Waals surface area contributed by atoms with Crippen molar-refractivity contribution in [1.82, 2.24) is 9.80 Å². The van der Waals surface area contributed by atoms with E-state index in [4.69, 9.17) is 0 Å². The van der Waals surface area contributed by atoms with Crippen molar-refractivity contribution < 1.29 is 0 Å². The van der Waals surface area contributed by atoms with Crippen LogP contribution in [0, 0.1) is 5.92 Å². The van der Waals surface area contributed by atoms with Gasteiger partial charge in [0.05, 0.1) is 0 Å². The molecular formula is C14H20N2. The Morgan fingerprint density at radius 3 is 2.81 bits per heavy atom. The van der Waals surface area contributed by atoms with Crippen molar-refractivity contribution in [2.24, 2.45) is 5.92 Å². The maximum atomic E-state index is 2.67. The van der Waals surface area contributed by atoms with Crippen LogP contribution in [0.25, 0.3) is 0 Å². The minimum atomic E-state index is 0.810. The summed E-state index contributed by atoms with van der Waals surface area (Å²) in [5.41, 5.74) is 1.46. The summed E-state index contributed by atoms with van der Waals surface area (Å²) in [7, 11) is 2.25. The normalized spacial score (nSPS) is 30.8. The van der Waals surface area contributed by atoms with Crippen molar-refractivity contribution in [3.63, 3.8) is 0 Å². The molecule has 0 aliphatic carbocycles. The van der Waals surface area contributed by atoms with E-state index in [1.165, 1.54) is 31.6 Å². The van der Waals surface area contributed by atoms with Gasteiger partial charge in [0.25, 0.3) is 0 Å². The molecule has 2 nitrogen and oxygen atoms in total. The summed E-state index contributed by atoms with van der Waals surface area (Å²) in [6.07, 6.45) is 1.39. The van der Waals surface area contributed by atoms with Crippen molar-refractivity contribution in [3.05, 3.63) is 35.9 Å². The number of fused-ring (bicyclic) bond motifs is 1. The Morgan fingerprint density at radius 2 is 2.00 bits per heavy atom. The second-order valence-electron chi connectivity index (χ2n) is 5.29. The van der Waals surface area contributed by atoms with E-state index in [1.807, 2.05) is 0 Å². The van der Waals surface area contributed by atoms with Gasteiger partial charge in [0.15, 0.2) is 0 Å². The van der Waals surface area contributed by atoms with E-state index < -0.39 is 0 Å². The minimum absolute atomic E-state index is 0.810. The Bertz CT molecular complexity index is 349. The zero-order chi connectivity index (χ0) is 11.0. The zero-order valence-electron chi connectivity index (χ0n) is 9.97. The maximum absolute atomic E-state index is 2.67. The van der Waals surface area contributed by atoms with Gasteiger partial charge in [-0.15, -0.1) is 0 Å². The van der Waals surface area contributed by atoms with Crippen LogP contribution < -0.4 is 0 Å². The van der Waals surface area contributed by atoms with E-state index in [0.717, 1.165) is 18.5 Å². The van der Waals surface area contributed by atoms with Gasteiger partial charge < -0.3 is 4.90 Å². The van der Waals surface area contributed by atoms with E-state index in [0.29, 0.717) is 0 Å². The largest absolute Gasteiger partial charge is 0.304 e. The van der Waals surface area contributed by atoms with Crippen LogP contribution in [0.4, 0.5) is 0 Å². The van der Waals surface area contributed by atoms with Crippen LogP contribution in [0.5, 0.6) is 0 Å². The van der Waals surface area contributed by atoms with Crippen LogP contribution in [-0.2, 0) is 6.54 Å². The van der Waals surface area contributed by atoms with Crippen LogP contribution >= 0.6 is 0 Å². The first-order valence-corrected chi connectivity index (χ1v) is 6.29. The van der Waals surface area contributed by atoms with Crippen molar-refractivity contribution >= 4 is 0 Å². The van der Waals surface area contributed by atoms with Crippen molar-refractivity contribution in [2.45, 2.75) is 19.0 Å². The summed E-state index contributed by atoms with van der Waals surface area (Å²) in [5, 5.41) is 0. The Kier molecular flexibility index (Phi) is 2.70. The summed E-state index contributed by atoms with van der Waals surface area (Å²) < 4.78 is 0. The Balaban J connectivity index is 1.68. The molecule has 0 amide bonds. The number of rotatable bonds is 2. The van der Waals surface area contributed by atoms with Gasteiger partial charge in [0, 0.05) is 25.7 Å². The number of likely N-dealkylation sites (tertiary alicyclic amines) is 2. The van der Waals surface area contributed by atoms with Crippen LogP contribution in [0.1, 0.15) is 12.0 Å². The van der Waals surface area contributed by atoms with Crippen LogP contribution in [0.15, 0.2) is 30.3 Å². The lowest BCUT2D eigenvalue weighted by molar-refractivity contribution is 0.228. The molecule has 2 aliphatic rings. The molecule has 0 spiro atoms. The first kappa shape index (κ1) is 10.3. The molecule has 2 heterocycles. The summed E-state index contributed by atoms with van der Waals surface area (Å²) in [5.74, 6) is 0.925. The highest BCUT2D eigenvalue weighted by Crippen LogP contribution is 2.31. The molecule has 16 heavy (non-hydrogen) atoms. The van der Waals surface area contributed by atoms with Gasteiger partial charge in [-0.25, -0.2) is 0 Å². The highest BCUT2D eigenvalue weighted by Gasteiger charge is 2.39. The molecule has 0 N–H and O–H groups in total. The average molecular weight is 216 g/mol. The SMILES string of the molecule is CN1C[C@H]2CCN(Cc3ccccc3)[C@@H]2C1. The molecule has 0 unspecified atom stereocenters. The lowest BCUT2D eigenvalue weighted by Gasteiger charge is -2.23. The number of nitrogens with zero attached hydrogens (tertiary/aromatic N) is 2. The fourth-order valence-electron chi connectivity index (χ4n) is 3.27. The molecule has 86 valence electrons. The third-order valence-electron chi connectivity index (χ3n) is 4.07. The predicted octanol–water partition coefficient (Wildman–Crippen LogP) is 1.82. The molecule has 1 aromatic carbocycles. The fraction of sp³-hybridized carbons (Fsp3) is 0.571. The van der Waals surface area contributed by atoms with Crippen molar-refractivity contribution in [3.8, 4) is 0 Å². The van der Waals surface area contributed by atoms with E-state index >= 15 is 0 Å². The quantitative estimate of drug-likeness (QED) is 0.744. The van der Waals surface area contributed by atoms with Crippen LogP contribution in [0.3, 0.4) is 0 Å². The second kappa shape index (κ2) is 4.19. The molecular weight excluding hydrogens is 196 g/mol. The fourth-order valence-corrected chi connectivity index (χ4v) is 3.27. The first-order valence-electron chi connectivity index (χ1n) is 6.29. The number of hydrogen-bond donors (Lipinski definition) is 0. The number of hydrogen-bond acceptors (Lipinski definition) is 2. The molecule has 0 aromatic heterocycles. The summed E-state index contributed by atoms with van der Waals surface area (Å²) >= 11 is 0. The Labute approximate surface area is 97.9 Å². The third kappa shape index (κ3) is 1.87. The molecule has 2 fully saturated rings. The highest BCUT2D eigenvalue weighted by atomic mass is 15.3. The Hall–Kier alpha value is -0.860. The van der Waals surface area contributed by atoms with E-state index in [-0.39, 0.29) is 0 Å². The third-order valence-corrected chi connectivity index (χ3v) is 4.07. The number of benzene rings is 1. The smallest absolute Gasteiger partial charge is 0.0267 e. The lowest BCUT2D eigenvalue weighted by Crippen LogP contribution is -2.33. The van der Waals surface area contributed by atoms with E-state index in [9.17, 15) is 0 Å². The van der Waals surface area contributed by atoms with E-state index in [2.05, 4.69) is 47.2 Å². The van der Waals surface area contributed by atoms with Crippen molar-refractivity contribution in [2.75, 3.05) is 26.7 Å².